The summed E-state index contributed by atoms with van der Waals surface area (Å²) in [4.78, 5) is 0. The van der Waals surface area contributed by atoms with E-state index in [1.165, 1.54) is 88.3 Å². The van der Waals surface area contributed by atoms with Crippen molar-refractivity contribution in [3.8, 4) is 44.5 Å². The predicted octanol–water partition coefficient (Wildman–Crippen LogP) is 16.5. The van der Waals surface area contributed by atoms with Crippen LogP contribution in [0.1, 0.15) is 95.7 Å². The highest BCUT2D eigenvalue weighted by atomic mass is 14.4. The van der Waals surface area contributed by atoms with Gasteiger partial charge in [0.15, 0.2) is 0 Å². The second-order valence-corrected chi connectivity index (χ2v) is 15.0. The molecule has 0 bridgehead atoms. The van der Waals surface area contributed by atoms with E-state index < -0.39 is 0 Å². The molecule has 0 atom stereocenters. The van der Waals surface area contributed by atoms with Crippen molar-refractivity contribution in [3.05, 3.63) is 181 Å². The Morgan fingerprint density at radius 3 is 1.27 bits per heavy atom. The minimum atomic E-state index is -0.0677. The first kappa shape index (κ1) is 39.0. The number of benzene rings is 7. The van der Waals surface area contributed by atoms with Crippen molar-refractivity contribution in [2.24, 2.45) is 0 Å². The lowest BCUT2D eigenvalue weighted by Gasteiger charge is -2.23. The van der Waals surface area contributed by atoms with Crippen LogP contribution in [0.15, 0.2) is 147 Å². The Labute approximate surface area is 330 Å². The Balaban J connectivity index is 0.000000692. The van der Waals surface area contributed by atoms with Gasteiger partial charge in [0.25, 0.3) is 0 Å². The van der Waals surface area contributed by atoms with Gasteiger partial charge in [-0.3, -0.25) is 0 Å². The van der Waals surface area contributed by atoms with Gasteiger partial charge in [0.2, 0.25) is 0 Å². The number of fused-ring (bicyclic) bond motifs is 9. The zero-order valence-corrected chi connectivity index (χ0v) is 34.4. The molecule has 2 aliphatic carbocycles. The molecule has 0 heterocycles. The van der Waals surface area contributed by atoms with Gasteiger partial charge in [-0.15, -0.1) is 6.58 Å². The van der Waals surface area contributed by atoms with Gasteiger partial charge in [0.1, 0.15) is 0 Å². The summed E-state index contributed by atoms with van der Waals surface area (Å²) in [6.07, 6.45) is 5.79. The van der Waals surface area contributed by atoms with Crippen LogP contribution in [-0.2, 0) is 10.8 Å². The second-order valence-electron chi connectivity index (χ2n) is 15.0. The monoisotopic (exact) mass is 716 g/mol. The summed E-state index contributed by atoms with van der Waals surface area (Å²) in [6, 6.07) is 45.5. The van der Waals surface area contributed by atoms with E-state index in [1.54, 1.807) is 6.08 Å². The highest BCUT2D eigenvalue weighted by Crippen LogP contribution is 2.52. The Kier molecular flexibility index (Phi) is 11.0. The van der Waals surface area contributed by atoms with Crippen LogP contribution in [0, 0.1) is 0 Å². The zero-order chi connectivity index (χ0) is 39.7. The van der Waals surface area contributed by atoms with E-state index in [4.69, 9.17) is 0 Å². The number of hydrogen-bond donors (Lipinski definition) is 0. The maximum Gasteiger partial charge on any atom is 0.0159 e. The normalized spacial score (nSPS) is 13.3. The molecule has 276 valence electrons. The first-order valence-electron chi connectivity index (χ1n) is 20.0. The Morgan fingerprint density at radius 1 is 0.382 bits per heavy atom. The molecule has 0 fully saturated rings. The molecule has 0 saturated carbocycles. The minimum absolute atomic E-state index is 0.0580. The third kappa shape index (κ3) is 6.19. The van der Waals surface area contributed by atoms with Gasteiger partial charge in [0, 0.05) is 10.8 Å². The standard InChI is InChI=1S/C48H38.C3H6.2C2H6/c1-7-31-32(8-2)41-28-40(30-22-24-38-36-18-12-14-20-44(36)48(5,6)46(38)26-30)33-15-9-10-16-34(33)42(41)27-39(31)29-21-23-37-35-17-11-13-19-43(35)47(3,4)45(37)25-29;1-3-2;2*1-2/h7-28H,1-2H2,3-6H3;3H,1H2,2H3;2*1-2H3. The Bertz CT molecular complexity index is 2590. The first-order valence-corrected chi connectivity index (χ1v) is 20.0. The largest absolute Gasteiger partial charge is 0.103 e. The minimum Gasteiger partial charge on any atom is -0.103 e. The fourth-order valence-corrected chi connectivity index (χ4v) is 8.95. The number of rotatable bonds is 4. The molecular weight excluding hydrogens is 661 g/mol. The molecule has 0 N–H and O–H groups in total. The summed E-state index contributed by atoms with van der Waals surface area (Å²) in [5, 5.41) is 4.95. The average molecular weight is 717 g/mol. The van der Waals surface area contributed by atoms with Crippen molar-refractivity contribution in [3.63, 3.8) is 0 Å². The summed E-state index contributed by atoms with van der Waals surface area (Å²) in [6.45, 7) is 31.3. The van der Waals surface area contributed by atoms with E-state index in [0.717, 1.165) is 11.1 Å². The van der Waals surface area contributed by atoms with Gasteiger partial charge in [-0.25, -0.2) is 0 Å². The first-order chi connectivity index (χ1) is 26.6. The third-order valence-corrected chi connectivity index (χ3v) is 11.4. The van der Waals surface area contributed by atoms with Crippen molar-refractivity contribution in [2.45, 2.75) is 73.1 Å². The SMILES string of the molecule is C=CC.C=Cc1c(-c2ccc3c(c2)C(C)(C)c2ccccc2-3)cc2c(cc(-c3ccc4c(c3)C(C)(C)c3ccccc3-4)c3ccccc32)c1C=C.CC.CC. The highest BCUT2D eigenvalue weighted by molar-refractivity contribution is 6.17. The van der Waals surface area contributed by atoms with Crippen LogP contribution in [0.2, 0.25) is 0 Å². The van der Waals surface area contributed by atoms with Crippen LogP contribution in [0.3, 0.4) is 0 Å². The van der Waals surface area contributed by atoms with Gasteiger partial charge in [-0.2, -0.15) is 0 Å². The van der Waals surface area contributed by atoms with Crippen molar-refractivity contribution in [1.82, 2.24) is 0 Å². The van der Waals surface area contributed by atoms with Gasteiger partial charge < -0.3 is 0 Å². The molecule has 0 spiro atoms. The molecule has 0 saturated heterocycles. The van der Waals surface area contributed by atoms with Crippen LogP contribution in [-0.4, -0.2) is 0 Å². The molecule has 0 unspecified atom stereocenters. The lowest BCUT2D eigenvalue weighted by molar-refractivity contribution is 0.660. The van der Waals surface area contributed by atoms with E-state index in [9.17, 15) is 0 Å². The van der Waals surface area contributed by atoms with Gasteiger partial charge in [-0.05, 0) is 131 Å². The zero-order valence-electron chi connectivity index (χ0n) is 34.4. The molecular formula is C55H56. The van der Waals surface area contributed by atoms with Crippen molar-refractivity contribution in [2.75, 3.05) is 0 Å². The molecule has 7 aromatic rings. The quantitative estimate of drug-likeness (QED) is 0.126. The van der Waals surface area contributed by atoms with Crippen LogP contribution in [0.25, 0.3) is 78.2 Å². The van der Waals surface area contributed by atoms with Crippen LogP contribution >= 0.6 is 0 Å². The molecule has 0 amide bonds. The summed E-state index contributed by atoms with van der Waals surface area (Å²) >= 11 is 0. The summed E-state index contributed by atoms with van der Waals surface area (Å²) in [5.74, 6) is 0. The van der Waals surface area contributed by atoms with Crippen molar-refractivity contribution < 1.29 is 0 Å². The molecule has 0 heteroatoms. The molecule has 7 aromatic carbocycles. The number of allylic oxidation sites excluding steroid dienone is 1. The van der Waals surface area contributed by atoms with Gasteiger partial charge >= 0.3 is 0 Å². The summed E-state index contributed by atoms with van der Waals surface area (Å²) in [5.41, 5.74) is 17.9. The Hall–Kier alpha value is -5.72. The maximum atomic E-state index is 4.36. The molecule has 9 rings (SSSR count). The fourth-order valence-electron chi connectivity index (χ4n) is 8.95. The summed E-state index contributed by atoms with van der Waals surface area (Å²) < 4.78 is 0. The second kappa shape index (κ2) is 15.6. The number of hydrogen-bond acceptors (Lipinski definition) is 0. The van der Waals surface area contributed by atoms with Crippen molar-refractivity contribution in [1.29, 1.82) is 0 Å². The maximum absolute atomic E-state index is 4.36. The van der Waals surface area contributed by atoms with E-state index in [2.05, 4.69) is 169 Å². The van der Waals surface area contributed by atoms with Crippen LogP contribution in [0.4, 0.5) is 0 Å². The third-order valence-electron chi connectivity index (χ3n) is 11.4. The smallest absolute Gasteiger partial charge is 0.0159 e. The molecule has 2 aliphatic rings. The summed E-state index contributed by atoms with van der Waals surface area (Å²) in [7, 11) is 0. The molecule has 0 aromatic heterocycles. The lowest BCUT2D eigenvalue weighted by Crippen LogP contribution is -2.15. The lowest BCUT2D eigenvalue weighted by atomic mass is 9.80. The Morgan fingerprint density at radius 2 is 0.782 bits per heavy atom. The van der Waals surface area contributed by atoms with E-state index >= 15 is 0 Å². The van der Waals surface area contributed by atoms with Crippen LogP contribution < -0.4 is 0 Å². The fraction of sp³-hybridized carbons (Fsp3) is 0.200. The molecule has 55 heavy (non-hydrogen) atoms. The van der Waals surface area contributed by atoms with Crippen molar-refractivity contribution >= 4 is 33.7 Å². The molecule has 0 aliphatic heterocycles. The van der Waals surface area contributed by atoms with Crippen LogP contribution in [0.5, 0.6) is 0 Å². The van der Waals surface area contributed by atoms with Gasteiger partial charge in [-0.1, -0.05) is 184 Å². The van der Waals surface area contributed by atoms with E-state index in [1.807, 2.05) is 46.8 Å². The topological polar surface area (TPSA) is 0 Å². The van der Waals surface area contributed by atoms with Gasteiger partial charge in [0.05, 0.1) is 0 Å². The van der Waals surface area contributed by atoms with E-state index in [0.29, 0.717) is 0 Å². The molecule has 0 radical (unpaired) electrons. The average Bonchev–Trinajstić information content (AvgIpc) is 3.60. The molecule has 0 nitrogen and oxygen atoms in total. The predicted molar refractivity (Wildman–Crippen MR) is 246 cm³/mol. The highest BCUT2D eigenvalue weighted by Gasteiger charge is 2.36. The van der Waals surface area contributed by atoms with E-state index in [-0.39, 0.29) is 10.8 Å².